The number of likely N-dealkylation sites (tertiary alicyclic amines) is 1. The number of carbonyl (C=O) groups is 1. The van der Waals surface area contributed by atoms with Crippen LogP contribution in [-0.2, 0) is 14.8 Å². The fraction of sp³-hybridized carbons (Fsp3) is 0.588. The zero-order chi connectivity index (χ0) is 20.1. The molecule has 1 aromatic rings. The lowest BCUT2D eigenvalue weighted by atomic mass is 9.89. The lowest BCUT2D eigenvalue weighted by molar-refractivity contribution is -0.384. The maximum Gasteiger partial charge on any atom is 0.410 e. The molecule has 3 rings (SSSR count). The van der Waals surface area contributed by atoms with Crippen LogP contribution >= 0.6 is 0 Å². The van der Waals surface area contributed by atoms with E-state index in [1.165, 1.54) is 22.5 Å². The Balaban J connectivity index is 1.97. The quantitative estimate of drug-likeness (QED) is 0.560. The first-order valence-corrected chi connectivity index (χ1v) is 10.5. The van der Waals surface area contributed by atoms with Crippen molar-refractivity contribution in [2.75, 3.05) is 23.7 Å². The summed E-state index contributed by atoms with van der Waals surface area (Å²) in [6.07, 6.45) is 1.09. The number of nitro benzene ring substituents is 1. The summed E-state index contributed by atoms with van der Waals surface area (Å²) in [5.74, 6) is -0.337. The van der Waals surface area contributed by atoms with Crippen LogP contribution in [-0.4, -0.2) is 55.3 Å². The summed E-state index contributed by atoms with van der Waals surface area (Å²) in [7, 11) is -3.56. The minimum absolute atomic E-state index is 0.0998. The normalized spacial score (nSPS) is 22.2. The number of anilines is 1. The molecule has 0 aromatic heterocycles. The van der Waals surface area contributed by atoms with Crippen LogP contribution < -0.4 is 4.31 Å². The molecule has 2 aliphatic heterocycles. The van der Waals surface area contributed by atoms with E-state index in [-0.39, 0.29) is 24.2 Å². The van der Waals surface area contributed by atoms with Gasteiger partial charge in [-0.05, 0) is 38.8 Å². The van der Waals surface area contributed by atoms with E-state index in [0.717, 1.165) is 6.26 Å². The van der Waals surface area contributed by atoms with Crippen LogP contribution in [0.1, 0.15) is 38.7 Å². The molecule has 0 aliphatic carbocycles. The molecular weight excluding hydrogens is 374 g/mol. The first-order valence-electron chi connectivity index (χ1n) is 8.64. The van der Waals surface area contributed by atoms with Gasteiger partial charge < -0.3 is 9.64 Å². The number of amides is 1. The third-order valence-electron chi connectivity index (χ3n) is 4.75. The minimum Gasteiger partial charge on any atom is -0.444 e. The lowest BCUT2D eigenvalue weighted by Gasteiger charge is -2.38. The predicted molar refractivity (Wildman–Crippen MR) is 99.4 cm³/mol. The summed E-state index contributed by atoms with van der Waals surface area (Å²) in [6, 6.07) is 3.83. The highest BCUT2D eigenvalue weighted by atomic mass is 32.2. The van der Waals surface area contributed by atoms with Gasteiger partial charge in [0.05, 0.1) is 22.9 Å². The van der Waals surface area contributed by atoms with Crippen LogP contribution in [0.15, 0.2) is 18.2 Å². The average Bonchev–Trinajstić information content (AvgIpc) is 2.85. The molecule has 27 heavy (non-hydrogen) atoms. The molecule has 1 aromatic carbocycles. The number of carbonyl (C=O) groups excluding carboxylic acids is 1. The van der Waals surface area contributed by atoms with Gasteiger partial charge in [0.25, 0.3) is 5.69 Å². The third-order valence-corrected chi connectivity index (χ3v) is 5.93. The number of piperidine rings is 1. The Bertz CT molecular complexity index is 892. The smallest absolute Gasteiger partial charge is 0.410 e. The molecule has 2 unspecified atom stereocenters. The minimum atomic E-state index is -3.56. The molecule has 0 spiro atoms. The number of sulfonamides is 1. The van der Waals surface area contributed by atoms with Crippen molar-refractivity contribution in [3.05, 3.63) is 33.9 Å². The monoisotopic (exact) mass is 397 g/mol. The second-order valence-electron chi connectivity index (χ2n) is 7.95. The Hall–Kier alpha value is -2.36. The van der Waals surface area contributed by atoms with Gasteiger partial charge in [0.1, 0.15) is 5.60 Å². The van der Waals surface area contributed by atoms with Crippen molar-refractivity contribution in [1.82, 2.24) is 4.90 Å². The molecule has 9 nitrogen and oxygen atoms in total. The van der Waals surface area contributed by atoms with Gasteiger partial charge in [-0.3, -0.25) is 14.4 Å². The number of benzene rings is 1. The van der Waals surface area contributed by atoms with Crippen molar-refractivity contribution in [2.24, 2.45) is 0 Å². The van der Waals surface area contributed by atoms with Crippen molar-refractivity contribution in [1.29, 1.82) is 0 Å². The summed E-state index contributed by atoms with van der Waals surface area (Å²) in [4.78, 5) is 24.6. The molecule has 2 heterocycles. The molecule has 2 atom stereocenters. The first-order chi connectivity index (χ1) is 12.4. The van der Waals surface area contributed by atoms with Crippen molar-refractivity contribution >= 4 is 27.5 Å². The van der Waals surface area contributed by atoms with Crippen molar-refractivity contribution in [3.63, 3.8) is 0 Å². The molecule has 148 valence electrons. The standard InChI is InChI=1S/C17H23N3O6S/c1-17(2,3)26-16(21)18-8-7-15-13(10-18)12-9-11(20(22)23)5-6-14(12)19(15)27(4,24)25/h5-6,9,13,15H,7-8,10H2,1-4H3. The first kappa shape index (κ1) is 19.4. The lowest BCUT2D eigenvalue weighted by Crippen LogP contribution is -2.50. The number of hydrogen-bond acceptors (Lipinski definition) is 6. The maximum atomic E-state index is 12.4. The fourth-order valence-corrected chi connectivity index (χ4v) is 5.04. The molecule has 10 heteroatoms. The summed E-state index contributed by atoms with van der Waals surface area (Å²) < 4.78 is 31.5. The van der Waals surface area contributed by atoms with Crippen LogP contribution in [0.5, 0.6) is 0 Å². The van der Waals surface area contributed by atoms with Gasteiger partial charge in [0, 0.05) is 31.1 Å². The fourth-order valence-electron chi connectivity index (χ4n) is 3.77. The van der Waals surface area contributed by atoms with Crippen LogP contribution in [0.4, 0.5) is 16.2 Å². The highest BCUT2D eigenvalue weighted by Crippen LogP contribution is 2.47. The van der Waals surface area contributed by atoms with E-state index in [0.29, 0.717) is 24.2 Å². The zero-order valence-corrected chi connectivity index (χ0v) is 16.5. The van der Waals surface area contributed by atoms with Crippen molar-refractivity contribution in [2.45, 2.75) is 44.8 Å². The number of ether oxygens (including phenoxy) is 1. The Labute approximate surface area is 158 Å². The number of fused-ring (bicyclic) bond motifs is 3. The van der Waals surface area contributed by atoms with Crippen LogP contribution in [0.3, 0.4) is 0 Å². The molecule has 2 aliphatic rings. The van der Waals surface area contributed by atoms with E-state index in [4.69, 9.17) is 4.74 Å². The Kier molecular flexibility index (Phi) is 4.57. The van der Waals surface area contributed by atoms with Gasteiger partial charge in [0.15, 0.2) is 0 Å². The van der Waals surface area contributed by atoms with Gasteiger partial charge in [-0.15, -0.1) is 0 Å². The molecule has 0 N–H and O–H groups in total. The average molecular weight is 397 g/mol. The second kappa shape index (κ2) is 6.36. The van der Waals surface area contributed by atoms with Crippen molar-refractivity contribution in [3.8, 4) is 0 Å². The highest BCUT2D eigenvalue weighted by molar-refractivity contribution is 7.92. The number of rotatable bonds is 2. The number of hydrogen-bond donors (Lipinski definition) is 0. The van der Waals surface area contributed by atoms with E-state index in [1.807, 2.05) is 0 Å². The van der Waals surface area contributed by atoms with E-state index in [9.17, 15) is 23.3 Å². The molecule has 0 saturated carbocycles. The molecular formula is C17H23N3O6S. The Morgan fingerprint density at radius 3 is 2.56 bits per heavy atom. The van der Waals surface area contributed by atoms with E-state index >= 15 is 0 Å². The summed E-state index contributed by atoms with van der Waals surface area (Å²) >= 11 is 0. The predicted octanol–water partition coefficient (Wildman–Crippen LogP) is 2.47. The molecule has 0 radical (unpaired) electrons. The van der Waals surface area contributed by atoms with Gasteiger partial charge in [-0.25, -0.2) is 13.2 Å². The largest absolute Gasteiger partial charge is 0.444 e. The zero-order valence-electron chi connectivity index (χ0n) is 15.7. The molecule has 1 fully saturated rings. The SMILES string of the molecule is CC(C)(C)OC(=O)N1CCC2C(C1)c1cc([N+](=O)[O-])ccc1N2S(C)(=O)=O. The van der Waals surface area contributed by atoms with Crippen molar-refractivity contribution < 1.29 is 22.9 Å². The summed E-state index contributed by atoms with van der Waals surface area (Å²) in [5.41, 5.74) is 0.285. The van der Waals surface area contributed by atoms with E-state index < -0.39 is 26.6 Å². The summed E-state index contributed by atoms with van der Waals surface area (Å²) in [5, 5.41) is 11.2. The van der Waals surface area contributed by atoms with Gasteiger partial charge in [-0.2, -0.15) is 0 Å². The molecule has 1 amide bonds. The van der Waals surface area contributed by atoms with Crippen LogP contribution in [0.25, 0.3) is 0 Å². The number of non-ortho nitro benzene ring substituents is 1. The molecule has 1 saturated heterocycles. The second-order valence-corrected chi connectivity index (χ2v) is 9.81. The van der Waals surface area contributed by atoms with E-state index in [1.54, 1.807) is 25.7 Å². The van der Waals surface area contributed by atoms with Crippen LogP contribution in [0, 0.1) is 10.1 Å². The van der Waals surface area contributed by atoms with Gasteiger partial charge >= 0.3 is 6.09 Å². The van der Waals surface area contributed by atoms with Crippen LogP contribution in [0.2, 0.25) is 0 Å². The molecule has 0 bridgehead atoms. The summed E-state index contributed by atoms with van der Waals surface area (Å²) in [6.45, 7) is 5.93. The van der Waals surface area contributed by atoms with E-state index in [2.05, 4.69) is 0 Å². The highest BCUT2D eigenvalue weighted by Gasteiger charge is 2.47. The number of nitro groups is 1. The van der Waals surface area contributed by atoms with Gasteiger partial charge in [0.2, 0.25) is 10.0 Å². The maximum absolute atomic E-state index is 12.4. The Morgan fingerprint density at radius 1 is 1.33 bits per heavy atom. The Morgan fingerprint density at radius 2 is 2.00 bits per heavy atom. The topological polar surface area (TPSA) is 110 Å². The van der Waals surface area contributed by atoms with Gasteiger partial charge in [-0.1, -0.05) is 0 Å². The third kappa shape index (κ3) is 3.71. The number of nitrogens with zero attached hydrogens (tertiary/aromatic N) is 3.